The van der Waals surface area contributed by atoms with Gasteiger partial charge in [0, 0.05) is 18.5 Å². The van der Waals surface area contributed by atoms with E-state index in [1.165, 1.54) is 29.2 Å². The summed E-state index contributed by atoms with van der Waals surface area (Å²) in [5.41, 5.74) is 2.21. The van der Waals surface area contributed by atoms with Gasteiger partial charge in [-0.2, -0.15) is 0 Å². The molecule has 0 radical (unpaired) electrons. The molecular formula is C8H8N6O2. The third kappa shape index (κ3) is 1.68. The van der Waals surface area contributed by atoms with Crippen molar-refractivity contribution in [3.8, 4) is 5.82 Å². The van der Waals surface area contributed by atoms with E-state index in [9.17, 15) is 10.1 Å². The molecule has 8 heteroatoms. The molecule has 8 nitrogen and oxygen atoms in total. The van der Waals surface area contributed by atoms with Gasteiger partial charge in [-0.3, -0.25) is 14.7 Å². The molecular weight excluding hydrogens is 212 g/mol. The summed E-state index contributed by atoms with van der Waals surface area (Å²) in [5, 5.41) is 10.8. The quantitative estimate of drug-likeness (QED) is 0.441. The predicted octanol–water partition coefficient (Wildman–Crippen LogP) is 0.461. The monoisotopic (exact) mass is 220 g/mol. The molecule has 2 aromatic heterocycles. The van der Waals surface area contributed by atoms with E-state index in [4.69, 9.17) is 5.84 Å². The molecule has 0 aliphatic rings. The summed E-state index contributed by atoms with van der Waals surface area (Å²) < 4.78 is 1.44. The molecule has 2 aromatic rings. The van der Waals surface area contributed by atoms with Gasteiger partial charge in [-0.1, -0.05) is 0 Å². The minimum absolute atomic E-state index is 0.114. The highest BCUT2D eigenvalue weighted by molar-refractivity contribution is 5.52. The van der Waals surface area contributed by atoms with Crippen LogP contribution in [0, 0.1) is 10.1 Å². The molecule has 0 unspecified atom stereocenters. The summed E-state index contributed by atoms with van der Waals surface area (Å²) in [6.07, 6.45) is 4.50. The van der Waals surface area contributed by atoms with Crippen LogP contribution in [0.15, 0.2) is 30.9 Å². The van der Waals surface area contributed by atoms with E-state index >= 15 is 0 Å². The van der Waals surface area contributed by atoms with Crippen LogP contribution in [0.25, 0.3) is 5.82 Å². The first-order chi connectivity index (χ1) is 7.72. The van der Waals surface area contributed by atoms with E-state index in [2.05, 4.69) is 15.4 Å². The van der Waals surface area contributed by atoms with Crippen molar-refractivity contribution < 1.29 is 4.92 Å². The van der Waals surface area contributed by atoms with Crippen molar-refractivity contribution >= 4 is 11.5 Å². The molecule has 16 heavy (non-hydrogen) atoms. The predicted molar refractivity (Wildman–Crippen MR) is 55.8 cm³/mol. The van der Waals surface area contributed by atoms with Crippen molar-refractivity contribution in [3.63, 3.8) is 0 Å². The lowest BCUT2D eigenvalue weighted by atomic mass is 10.3. The molecule has 0 bridgehead atoms. The van der Waals surface area contributed by atoms with Gasteiger partial charge in [0.05, 0.1) is 4.92 Å². The third-order valence-corrected chi connectivity index (χ3v) is 1.95. The second-order valence-corrected chi connectivity index (χ2v) is 2.91. The second kappa shape index (κ2) is 3.95. The molecule has 0 saturated carbocycles. The molecule has 0 fully saturated rings. The highest BCUT2D eigenvalue weighted by Gasteiger charge is 2.17. The third-order valence-electron chi connectivity index (χ3n) is 1.95. The minimum atomic E-state index is -0.511. The number of hydrazine groups is 1. The molecule has 2 heterocycles. The van der Waals surface area contributed by atoms with Gasteiger partial charge < -0.3 is 5.43 Å². The van der Waals surface area contributed by atoms with E-state index in [1.54, 1.807) is 6.20 Å². The number of pyridine rings is 1. The summed E-state index contributed by atoms with van der Waals surface area (Å²) >= 11 is 0. The van der Waals surface area contributed by atoms with Crippen molar-refractivity contribution in [2.75, 3.05) is 5.43 Å². The van der Waals surface area contributed by atoms with Crippen LogP contribution in [-0.2, 0) is 0 Å². The molecule has 0 aliphatic carbocycles. The van der Waals surface area contributed by atoms with Gasteiger partial charge in [0.1, 0.15) is 12.1 Å². The van der Waals surface area contributed by atoms with Crippen LogP contribution in [0.5, 0.6) is 0 Å². The Morgan fingerprint density at radius 3 is 2.88 bits per heavy atom. The van der Waals surface area contributed by atoms with Gasteiger partial charge >= 0.3 is 5.69 Å². The Kier molecular flexibility index (Phi) is 2.48. The zero-order chi connectivity index (χ0) is 11.5. The fraction of sp³-hybridized carbons (Fsp3) is 0. The summed E-state index contributed by atoms with van der Waals surface area (Å²) in [7, 11) is 0. The van der Waals surface area contributed by atoms with Crippen molar-refractivity contribution in [1.82, 2.24) is 14.5 Å². The molecule has 0 amide bonds. The number of imidazole rings is 1. The van der Waals surface area contributed by atoms with Crippen molar-refractivity contribution in [2.45, 2.75) is 0 Å². The van der Waals surface area contributed by atoms with Gasteiger partial charge in [-0.15, -0.1) is 0 Å². The zero-order valence-electron chi connectivity index (χ0n) is 8.07. The van der Waals surface area contributed by atoms with Crippen LogP contribution in [0.4, 0.5) is 11.5 Å². The SMILES string of the molecule is NNc1ccc([N+](=O)[O-])c(-n2ccnc2)n1. The molecule has 2 rings (SSSR count). The number of nitrogens with one attached hydrogen (secondary N) is 1. The molecule has 0 atom stereocenters. The number of anilines is 1. The van der Waals surface area contributed by atoms with Gasteiger partial charge in [0.2, 0.25) is 5.82 Å². The summed E-state index contributed by atoms with van der Waals surface area (Å²) in [5.74, 6) is 5.70. The van der Waals surface area contributed by atoms with E-state index in [-0.39, 0.29) is 11.5 Å². The number of aromatic nitrogens is 3. The summed E-state index contributed by atoms with van der Waals surface area (Å²) in [6, 6.07) is 2.76. The van der Waals surface area contributed by atoms with Crippen molar-refractivity contribution in [2.24, 2.45) is 5.84 Å². The van der Waals surface area contributed by atoms with E-state index in [0.717, 1.165) is 0 Å². The molecule has 0 aliphatic heterocycles. The summed E-state index contributed by atoms with van der Waals surface area (Å²) in [4.78, 5) is 18.1. The zero-order valence-corrected chi connectivity index (χ0v) is 8.07. The maximum absolute atomic E-state index is 10.8. The first kappa shape index (κ1) is 10.1. The first-order valence-corrected chi connectivity index (χ1v) is 4.33. The molecule has 82 valence electrons. The highest BCUT2D eigenvalue weighted by atomic mass is 16.6. The summed E-state index contributed by atoms with van der Waals surface area (Å²) in [6.45, 7) is 0. The van der Waals surface area contributed by atoms with E-state index in [0.29, 0.717) is 5.82 Å². The average Bonchev–Trinajstić information content (AvgIpc) is 2.81. The fourth-order valence-corrected chi connectivity index (χ4v) is 1.24. The maximum Gasteiger partial charge on any atom is 0.312 e. The number of hydrogen-bond acceptors (Lipinski definition) is 6. The fourth-order valence-electron chi connectivity index (χ4n) is 1.24. The Balaban J connectivity index is 2.59. The van der Waals surface area contributed by atoms with Gasteiger partial charge in [-0.05, 0) is 6.07 Å². The van der Waals surface area contributed by atoms with Crippen molar-refractivity contribution in [1.29, 1.82) is 0 Å². The lowest BCUT2D eigenvalue weighted by Gasteiger charge is -2.04. The van der Waals surface area contributed by atoms with E-state index < -0.39 is 4.92 Å². The number of hydrogen-bond donors (Lipinski definition) is 2. The number of nitrogen functional groups attached to an aromatic ring is 1. The Morgan fingerprint density at radius 1 is 1.50 bits per heavy atom. The molecule has 3 N–H and O–H groups in total. The van der Waals surface area contributed by atoms with Crippen molar-refractivity contribution in [3.05, 3.63) is 41.0 Å². The number of nitro groups is 1. The van der Waals surface area contributed by atoms with Crippen LogP contribution >= 0.6 is 0 Å². The number of nitrogens with zero attached hydrogens (tertiary/aromatic N) is 4. The van der Waals surface area contributed by atoms with Crippen LogP contribution in [-0.4, -0.2) is 19.5 Å². The van der Waals surface area contributed by atoms with Gasteiger partial charge in [-0.25, -0.2) is 15.8 Å². The van der Waals surface area contributed by atoms with Crippen LogP contribution in [0.3, 0.4) is 0 Å². The Morgan fingerprint density at radius 2 is 2.31 bits per heavy atom. The van der Waals surface area contributed by atoms with E-state index in [1.807, 2.05) is 0 Å². The normalized spacial score (nSPS) is 10.1. The largest absolute Gasteiger partial charge is 0.312 e. The standard InChI is InChI=1S/C8H8N6O2/c9-12-7-2-1-6(14(15)16)8(11-7)13-4-3-10-5-13/h1-5H,9H2,(H,11,12). The van der Waals surface area contributed by atoms with Gasteiger partial charge in [0.15, 0.2) is 0 Å². The minimum Gasteiger partial charge on any atom is -0.308 e. The number of nitrogens with two attached hydrogens (primary N) is 1. The lowest BCUT2D eigenvalue weighted by Crippen LogP contribution is -2.10. The second-order valence-electron chi connectivity index (χ2n) is 2.91. The van der Waals surface area contributed by atoms with Crippen LogP contribution in [0.2, 0.25) is 0 Å². The lowest BCUT2D eigenvalue weighted by molar-refractivity contribution is -0.384. The first-order valence-electron chi connectivity index (χ1n) is 4.33. The van der Waals surface area contributed by atoms with Gasteiger partial charge in [0.25, 0.3) is 0 Å². The Labute approximate surface area is 89.9 Å². The average molecular weight is 220 g/mol. The Hall–Kier alpha value is -2.48. The molecule has 0 spiro atoms. The van der Waals surface area contributed by atoms with Crippen LogP contribution < -0.4 is 11.3 Å². The van der Waals surface area contributed by atoms with Crippen LogP contribution in [0.1, 0.15) is 0 Å². The molecule has 0 saturated heterocycles. The number of rotatable bonds is 3. The maximum atomic E-state index is 10.8. The molecule has 0 aromatic carbocycles. The highest BCUT2D eigenvalue weighted by Crippen LogP contribution is 2.21. The smallest absolute Gasteiger partial charge is 0.308 e. The topological polar surface area (TPSA) is 112 Å². The Bertz CT molecular complexity index is 509.